The first-order valence-corrected chi connectivity index (χ1v) is 6.12. The molecule has 1 aliphatic heterocycles. The molecule has 94 valence electrons. The van der Waals surface area contributed by atoms with E-state index in [2.05, 4.69) is 5.43 Å². The molecule has 1 heterocycles. The Morgan fingerprint density at radius 1 is 1.47 bits per heavy atom. The van der Waals surface area contributed by atoms with Crippen molar-refractivity contribution in [3.63, 3.8) is 0 Å². The first-order valence-electron chi connectivity index (χ1n) is 6.12. The second kappa shape index (κ2) is 6.10. The van der Waals surface area contributed by atoms with Crippen LogP contribution in [0, 0.1) is 5.82 Å². The largest absolute Gasteiger partial charge is 0.377 e. The summed E-state index contributed by atoms with van der Waals surface area (Å²) in [5.41, 5.74) is 3.74. The molecule has 2 rings (SSSR count). The summed E-state index contributed by atoms with van der Waals surface area (Å²) in [6.45, 7) is 0.798. The van der Waals surface area contributed by atoms with E-state index in [0.29, 0.717) is 6.42 Å². The molecule has 1 aromatic rings. The van der Waals surface area contributed by atoms with E-state index in [-0.39, 0.29) is 18.0 Å². The van der Waals surface area contributed by atoms with E-state index < -0.39 is 0 Å². The van der Waals surface area contributed by atoms with Gasteiger partial charge >= 0.3 is 0 Å². The number of hydrogen-bond acceptors (Lipinski definition) is 3. The van der Waals surface area contributed by atoms with Crippen molar-refractivity contribution in [3.05, 3.63) is 35.6 Å². The molecule has 0 bridgehead atoms. The highest BCUT2D eigenvalue weighted by atomic mass is 19.1. The van der Waals surface area contributed by atoms with Crippen molar-refractivity contribution < 1.29 is 9.13 Å². The molecular formula is C13H19FN2O. The zero-order chi connectivity index (χ0) is 12.1. The quantitative estimate of drug-likeness (QED) is 0.621. The first kappa shape index (κ1) is 12.5. The number of hydrogen-bond donors (Lipinski definition) is 2. The summed E-state index contributed by atoms with van der Waals surface area (Å²) in [5, 5.41) is 0. The minimum atomic E-state index is -0.206. The average molecular weight is 238 g/mol. The first-order chi connectivity index (χ1) is 8.29. The van der Waals surface area contributed by atoms with Crippen LogP contribution in [0.15, 0.2) is 24.3 Å². The Morgan fingerprint density at radius 2 is 2.35 bits per heavy atom. The number of nitrogens with two attached hydrogens (primary N) is 1. The fourth-order valence-electron chi connectivity index (χ4n) is 2.30. The lowest BCUT2D eigenvalue weighted by atomic mass is 9.96. The van der Waals surface area contributed by atoms with Crippen LogP contribution in [0.1, 0.15) is 24.8 Å². The lowest BCUT2D eigenvalue weighted by molar-refractivity contribution is -0.00745. The van der Waals surface area contributed by atoms with Gasteiger partial charge in [0.1, 0.15) is 5.82 Å². The summed E-state index contributed by atoms with van der Waals surface area (Å²) >= 11 is 0. The molecule has 4 heteroatoms. The highest BCUT2D eigenvalue weighted by molar-refractivity contribution is 5.17. The Labute approximate surface area is 101 Å². The standard InChI is InChI=1S/C13H19FN2O/c14-11-5-3-4-10(8-11)9-12(16-15)13-6-1-2-7-17-13/h3-5,8,12-13,16H,1-2,6-7,9,15H2. The Balaban J connectivity index is 1.98. The van der Waals surface area contributed by atoms with Crippen LogP contribution in [0.3, 0.4) is 0 Å². The zero-order valence-corrected chi connectivity index (χ0v) is 9.86. The maximum Gasteiger partial charge on any atom is 0.123 e. The van der Waals surface area contributed by atoms with Crippen molar-refractivity contribution in [2.75, 3.05) is 6.61 Å². The number of hydrazine groups is 1. The minimum Gasteiger partial charge on any atom is -0.377 e. The Kier molecular flexibility index (Phi) is 4.48. The van der Waals surface area contributed by atoms with Crippen molar-refractivity contribution in [2.45, 2.75) is 37.8 Å². The third-order valence-electron chi connectivity index (χ3n) is 3.22. The Bertz CT molecular complexity index is 353. The van der Waals surface area contributed by atoms with Crippen molar-refractivity contribution in [2.24, 2.45) is 5.84 Å². The molecule has 17 heavy (non-hydrogen) atoms. The molecule has 0 saturated carbocycles. The fraction of sp³-hybridized carbons (Fsp3) is 0.538. The van der Waals surface area contributed by atoms with E-state index in [4.69, 9.17) is 10.6 Å². The summed E-state index contributed by atoms with van der Waals surface area (Å²) in [7, 11) is 0. The summed E-state index contributed by atoms with van der Waals surface area (Å²) in [6, 6.07) is 6.69. The SMILES string of the molecule is NNC(Cc1cccc(F)c1)C1CCCCO1. The van der Waals surface area contributed by atoms with Gasteiger partial charge in [0.15, 0.2) is 0 Å². The van der Waals surface area contributed by atoms with Crippen LogP contribution >= 0.6 is 0 Å². The van der Waals surface area contributed by atoms with Crippen molar-refractivity contribution in [3.8, 4) is 0 Å². The molecule has 1 aliphatic rings. The lowest BCUT2D eigenvalue weighted by Crippen LogP contribution is -2.47. The average Bonchev–Trinajstić information content (AvgIpc) is 2.37. The van der Waals surface area contributed by atoms with Gasteiger partial charge in [0.05, 0.1) is 12.1 Å². The van der Waals surface area contributed by atoms with Gasteiger partial charge in [0.2, 0.25) is 0 Å². The van der Waals surface area contributed by atoms with Crippen molar-refractivity contribution >= 4 is 0 Å². The molecule has 1 aromatic carbocycles. The van der Waals surface area contributed by atoms with Gasteiger partial charge in [0.25, 0.3) is 0 Å². The summed E-state index contributed by atoms with van der Waals surface area (Å²) < 4.78 is 18.8. The third-order valence-corrected chi connectivity index (χ3v) is 3.22. The molecule has 1 fully saturated rings. The van der Waals surface area contributed by atoms with Gasteiger partial charge < -0.3 is 4.74 Å². The maximum absolute atomic E-state index is 13.1. The van der Waals surface area contributed by atoms with Gasteiger partial charge in [-0.3, -0.25) is 11.3 Å². The second-order valence-corrected chi connectivity index (χ2v) is 4.51. The molecule has 0 amide bonds. The molecule has 0 spiro atoms. The highest BCUT2D eigenvalue weighted by Gasteiger charge is 2.23. The minimum absolute atomic E-state index is 0.0529. The molecule has 0 aliphatic carbocycles. The summed E-state index contributed by atoms with van der Waals surface area (Å²) in [6.07, 6.45) is 4.14. The molecular weight excluding hydrogens is 219 g/mol. The molecule has 2 atom stereocenters. The summed E-state index contributed by atoms with van der Waals surface area (Å²) in [4.78, 5) is 0. The van der Waals surface area contributed by atoms with Crippen molar-refractivity contribution in [1.29, 1.82) is 0 Å². The predicted molar refractivity (Wildman–Crippen MR) is 64.8 cm³/mol. The number of nitrogens with one attached hydrogen (secondary N) is 1. The summed E-state index contributed by atoms with van der Waals surface area (Å²) in [5.74, 6) is 5.36. The van der Waals surface area contributed by atoms with Gasteiger partial charge in [-0.25, -0.2) is 4.39 Å². The lowest BCUT2D eigenvalue weighted by Gasteiger charge is -2.30. The fourth-order valence-corrected chi connectivity index (χ4v) is 2.30. The van der Waals surface area contributed by atoms with Crippen LogP contribution in [0.5, 0.6) is 0 Å². The molecule has 0 aromatic heterocycles. The van der Waals surface area contributed by atoms with Crippen LogP contribution in [0.4, 0.5) is 4.39 Å². The van der Waals surface area contributed by atoms with Crippen LogP contribution in [0.25, 0.3) is 0 Å². The second-order valence-electron chi connectivity index (χ2n) is 4.51. The van der Waals surface area contributed by atoms with Gasteiger partial charge in [-0.15, -0.1) is 0 Å². The monoisotopic (exact) mass is 238 g/mol. The number of benzene rings is 1. The smallest absolute Gasteiger partial charge is 0.123 e. The van der Waals surface area contributed by atoms with Crippen LogP contribution in [-0.2, 0) is 11.2 Å². The van der Waals surface area contributed by atoms with E-state index >= 15 is 0 Å². The molecule has 0 radical (unpaired) electrons. The molecule has 1 saturated heterocycles. The van der Waals surface area contributed by atoms with E-state index in [1.54, 1.807) is 12.1 Å². The normalized spacial score (nSPS) is 22.4. The predicted octanol–water partition coefficient (Wildman–Crippen LogP) is 1.77. The Morgan fingerprint density at radius 3 is 3.00 bits per heavy atom. The highest BCUT2D eigenvalue weighted by Crippen LogP contribution is 2.18. The van der Waals surface area contributed by atoms with E-state index in [1.807, 2.05) is 6.07 Å². The zero-order valence-electron chi connectivity index (χ0n) is 9.86. The van der Waals surface area contributed by atoms with Gasteiger partial charge in [-0.1, -0.05) is 12.1 Å². The third kappa shape index (κ3) is 3.49. The van der Waals surface area contributed by atoms with E-state index in [9.17, 15) is 4.39 Å². The van der Waals surface area contributed by atoms with Gasteiger partial charge in [-0.05, 0) is 43.4 Å². The molecule has 3 N–H and O–H groups in total. The van der Waals surface area contributed by atoms with Crippen LogP contribution in [-0.4, -0.2) is 18.8 Å². The molecule has 2 unspecified atom stereocenters. The van der Waals surface area contributed by atoms with Crippen molar-refractivity contribution in [1.82, 2.24) is 5.43 Å². The Hall–Kier alpha value is -0.970. The van der Waals surface area contributed by atoms with E-state index in [0.717, 1.165) is 25.0 Å². The van der Waals surface area contributed by atoms with E-state index in [1.165, 1.54) is 12.5 Å². The van der Waals surface area contributed by atoms with Gasteiger partial charge in [-0.2, -0.15) is 0 Å². The van der Waals surface area contributed by atoms with Crippen LogP contribution in [0.2, 0.25) is 0 Å². The van der Waals surface area contributed by atoms with Gasteiger partial charge in [0, 0.05) is 6.61 Å². The number of rotatable bonds is 4. The molecule has 3 nitrogen and oxygen atoms in total. The van der Waals surface area contributed by atoms with Crippen LogP contribution < -0.4 is 11.3 Å². The number of halogens is 1. The topological polar surface area (TPSA) is 47.3 Å². The number of ether oxygens (including phenoxy) is 1. The maximum atomic E-state index is 13.1.